The molecule has 1 fully saturated rings. The minimum atomic E-state index is -4.37. The van der Waals surface area contributed by atoms with Gasteiger partial charge in [-0.15, -0.1) is 11.3 Å². The molecule has 1 aliphatic heterocycles. The maximum Gasteiger partial charge on any atom is 0.418 e. The van der Waals surface area contributed by atoms with E-state index in [9.17, 15) is 13.2 Å². The van der Waals surface area contributed by atoms with E-state index in [1.165, 1.54) is 6.07 Å². The van der Waals surface area contributed by atoms with Crippen LogP contribution in [0, 0.1) is 6.92 Å². The number of aromatic nitrogens is 1. The van der Waals surface area contributed by atoms with Crippen molar-refractivity contribution in [1.29, 1.82) is 0 Å². The van der Waals surface area contributed by atoms with Crippen LogP contribution in [0.2, 0.25) is 0 Å². The van der Waals surface area contributed by atoms with E-state index in [4.69, 9.17) is 0 Å². The normalized spacial score (nSPS) is 15.9. The Morgan fingerprint density at radius 2 is 1.72 bits per heavy atom. The van der Waals surface area contributed by atoms with Crippen LogP contribution in [0.5, 0.6) is 0 Å². The summed E-state index contributed by atoms with van der Waals surface area (Å²) in [6.45, 7) is 9.48. The Hall–Kier alpha value is -1.56. The fourth-order valence-electron chi connectivity index (χ4n) is 3.13. The fraction of sp³-hybridized carbons (Fsp3) is 0.526. The second-order valence-corrected chi connectivity index (χ2v) is 8.80. The summed E-state index contributed by atoms with van der Waals surface area (Å²) < 4.78 is 40.9. The van der Waals surface area contributed by atoms with Crippen molar-refractivity contribution in [1.82, 2.24) is 4.98 Å². The van der Waals surface area contributed by atoms with Crippen molar-refractivity contribution in [3.8, 4) is 11.3 Å². The topological polar surface area (TPSA) is 16.1 Å². The van der Waals surface area contributed by atoms with Crippen LogP contribution in [-0.4, -0.2) is 18.1 Å². The van der Waals surface area contributed by atoms with Crippen LogP contribution in [0.4, 0.5) is 18.9 Å². The standard InChI is InChI=1S/C19H23F3N2S/c1-12-16(23-17(25-12)18(2,3)4)13-7-8-15(24-9-5-6-10-24)14(11-13)19(20,21)22/h7-8,11H,5-6,9-10H2,1-4H3. The smallest absolute Gasteiger partial charge is 0.371 e. The van der Waals surface area contributed by atoms with Crippen molar-refractivity contribution in [3.05, 3.63) is 33.6 Å². The molecular formula is C19H23F3N2S. The first-order valence-electron chi connectivity index (χ1n) is 8.52. The Morgan fingerprint density at radius 3 is 2.24 bits per heavy atom. The molecule has 3 rings (SSSR count). The summed E-state index contributed by atoms with van der Waals surface area (Å²) in [5.74, 6) is 0. The number of aryl methyl sites for hydroxylation is 1. The molecule has 0 N–H and O–H groups in total. The van der Waals surface area contributed by atoms with Gasteiger partial charge in [-0.25, -0.2) is 4.98 Å². The van der Waals surface area contributed by atoms with Gasteiger partial charge in [0.1, 0.15) is 0 Å². The molecule has 1 aromatic carbocycles. The van der Waals surface area contributed by atoms with Crippen molar-refractivity contribution in [2.75, 3.05) is 18.0 Å². The Kier molecular flexibility index (Phi) is 4.60. The van der Waals surface area contributed by atoms with Gasteiger partial charge in [-0.1, -0.05) is 26.8 Å². The maximum absolute atomic E-state index is 13.6. The van der Waals surface area contributed by atoms with Crippen molar-refractivity contribution in [3.63, 3.8) is 0 Å². The Morgan fingerprint density at radius 1 is 1.08 bits per heavy atom. The van der Waals surface area contributed by atoms with Gasteiger partial charge in [-0.05, 0) is 31.9 Å². The van der Waals surface area contributed by atoms with E-state index in [1.54, 1.807) is 23.5 Å². The third kappa shape index (κ3) is 3.68. The van der Waals surface area contributed by atoms with Crippen molar-refractivity contribution >= 4 is 17.0 Å². The number of nitrogens with zero attached hydrogens (tertiary/aromatic N) is 2. The number of hydrogen-bond donors (Lipinski definition) is 0. The highest BCUT2D eigenvalue weighted by atomic mass is 32.1. The van der Waals surface area contributed by atoms with Crippen LogP contribution < -0.4 is 4.90 Å². The monoisotopic (exact) mass is 368 g/mol. The number of benzene rings is 1. The van der Waals surface area contributed by atoms with Gasteiger partial charge in [0.05, 0.1) is 16.3 Å². The zero-order valence-corrected chi connectivity index (χ0v) is 15.8. The molecule has 25 heavy (non-hydrogen) atoms. The minimum absolute atomic E-state index is 0.115. The summed E-state index contributed by atoms with van der Waals surface area (Å²) in [5.41, 5.74) is 0.818. The molecule has 0 bridgehead atoms. The SMILES string of the molecule is Cc1sc(C(C)(C)C)nc1-c1ccc(N2CCCC2)c(C(F)(F)F)c1. The maximum atomic E-state index is 13.6. The first kappa shape index (κ1) is 18.2. The average molecular weight is 368 g/mol. The molecule has 2 aromatic rings. The first-order valence-corrected chi connectivity index (χ1v) is 9.33. The summed E-state index contributed by atoms with van der Waals surface area (Å²) in [6.07, 6.45) is -2.48. The highest BCUT2D eigenvalue weighted by Gasteiger charge is 2.36. The van der Waals surface area contributed by atoms with Gasteiger partial charge in [0.25, 0.3) is 0 Å². The molecule has 0 unspecified atom stereocenters. The van der Waals surface area contributed by atoms with Crippen molar-refractivity contribution < 1.29 is 13.2 Å². The molecule has 0 amide bonds. The lowest BCUT2D eigenvalue weighted by Crippen LogP contribution is -2.22. The molecule has 136 valence electrons. The van der Waals surface area contributed by atoms with E-state index in [-0.39, 0.29) is 11.1 Å². The van der Waals surface area contributed by atoms with E-state index in [0.29, 0.717) is 24.3 Å². The molecule has 0 aliphatic carbocycles. The van der Waals surface area contributed by atoms with Crippen molar-refractivity contribution in [2.45, 2.75) is 52.1 Å². The summed E-state index contributed by atoms with van der Waals surface area (Å²) in [6, 6.07) is 4.65. The Balaban J connectivity index is 2.08. The largest absolute Gasteiger partial charge is 0.418 e. The van der Waals surface area contributed by atoms with Gasteiger partial charge in [-0.2, -0.15) is 13.2 Å². The van der Waals surface area contributed by atoms with Crippen LogP contribution in [0.3, 0.4) is 0 Å². The molecule has 1 aliphatic rings. The minimum Gasteiger partial charge on any atom is -0.371 e. The number of rotatable bonds is 2. The predicted molar refractivity (Wildman–Crippen MR) is 97.4 cm³/mol. The van der Waals surface area contributed by atoms with Gasteiger partial charge < -0.3 is 4.90 Å². The lowest BCUT2D eigenvalue weighted by atomic mass is 9.98. The van der Waals surface area contributed by atoms with Gasteiger partial charge >= 0.3 is 6.18 Å². The van der Waals surface area contributed by atoms with Gasteiger partial charge in [0.15, 0.2) is 0 Å². The molecule has 1 saturated heterocycles. The second-order valence-electron chi connectivity index (χ2n) is 7.60. The molecule has 2 heterocycles. The van der Waals surface area contributed by atoms with Gasteiger partial charge in [0.2, 0.25) is 0 Å². The molecule has 0 atom stereocenters. The van der Waals surface area contributed by atoms with E-state index in [2.05, 4.69) is 25.8 Å². The quantitative estimate of drug-likeness (QED) is 0.643. The predicted octanol–water partition coefficient (Wildman–Crippen LogP) is 6.04. The fourth-order valence-corrected chi connectivity index (χ4v) is 4.12. The molecule has 0 spiro atoms. The molecule has 2 nitrogen and oxygen atoms in total. The van der Waals surface area contributed by atoms with Crippen LogP contribution in [0.25, 0.3) is 11.3 Å². The highest BCUT2D eigenvalue weighted by Crippen LogP contribution is 2.41. The average Bonchev–Trinajstić information content (AvgIpc) is 3.14. The second kappa shape index (κ2) is 6.31. The molecule has 1 aromatic heterocycles. The highest BCUT2D eigenvalue weighted by molar-refractivity contribution is 7.12. The Bertz CT molecular complexity index is 766. The van der Waals surface area contributed by atoms with Gasteiger partial charge in [-0.3, -0.25) is 0 Å². The summed E-state index contributed by atoms with van der Waals surface area (Å²) in [7, 11) is 0. The van der Waals surface area contributed by atoms with E-state index in [1.807, 2.05) is 11.8 Å². The number of alkyl halides is 3. The number of hydrogen-bond acceptors (Lipinski definition) is 3. The molecule has 0 saturated carbocycles. The van der Waals surface area contributed by atoms with E-state index in [0.717, 1.165) is 22.7 Å². The summed E-state index contributed by atoms with van der Waals surface area (Å²) in [5, 5.41) is 0.942. The van der Waals surface area contributed by atoms with E-state index >= 15 is 0 Å². The third-order valence-corrected chi connectivity index (χ3v) is 5.86. The van der Waals surface area contributed by atoms with Crippen LogP contribution >= 0.6 is 11.3 Å². The van der Waals surface area contributed by atoms with Crippen molar-refractivity contribution in [2.24, 2.45) is 0 Å². The molecule has 6 heteroatoms. The van der Waals surface area contributed by atoms with Crippen LogP contribution in [-0.2, 0) is 11.6 Å². The Labute approximate surface area is 150 Å². The molecular weight excluding hydrogens is 345 g/mol. The lowest BCUT2D eigenvalue weighted by Gasteiger charge is -2.23. The number of thiazole rings is 1. The summed E-state index contributed by atoms with van der Waals surface area (Å²) >= 11 is 1.56. The van der Waals surface area contributed by atoms with E-state index < -0.39 is 11.7 Å². The third-order valence-electron chi connectivity index (χ3n) is 4.46. The number of halogens is 3. The lowest BCUT2D eigenvalue weighted by molar-refractivity contribution is -0.137. The molecule has 0 radical (unpaired) electrons. The first-order chi connectivity index (χ1) is 11.6. The van der Waals surface area contributed by atoms with Gasteiger partial charge in [0, 0.05) is 34.6 Å². The zero-order valence-electron chi connectivity index (χ0n) is 15.0. The number of anilines is 1. The summed E-state index contributed by atoms with van der Waals surface area (Å²) in [4.78, 5) is 7.42. The van der Waals surface area contributed by atoms with Crippen LogP contribution in [0.1, 0.15) is 49.1 Å². The zero-order chi connectivity index (χ0) is 18.4. The van der Waals surface area contributed by atoms with Crippen LogP contribution in [0.15, 0.2) is 18.2 Å².